The molecule has 0 spiro atoms. The van der Waals surface area contributed by atoms with Crippen LogP contribution in [-0.4, -0.2) is 39.6 Å². The Bertz CT molecular complexity index is 884. The fraction of sp³-hybridized carbons (Fsp3) is 0.600. The molecular formula is C20H27ClN6O2. The van der Waals surface area contributed by atoms with Gasteiger partial charge in [-0.2, -0.15) is 15.3 Å². The highest BCUT2D eigenvalue weighted by Gasteiger charge is 2.23. The van der Waals surface area contributed by atoms with Gasteiger partial charge in [-0.05, 0) is 52.4 Å². The van der Waals surface area contributed by atoms with Gasteiger partial charge in [-0.3, -0.25) is 4.68 Å². The number of nitrogens with one attached hydrogen (secondary N) is 1. The third-order valence-electron chi connectivity index (χ3n) is 5.29. The number of rotatable bonds is 7. The van der Waals surface area contributed by atoms with Crippen molar-refractivity contribution in [3.63, 3.8) is 0 Å². The minimum Gasteiger partial charge on any atom is -0.476 e. The van der Waals surface area contributed by atoms with Crippen LogP contribution in [0.3, 0.4) is 0 Å². The Morgan fingerprint density at radius 1 is 1.34 bits per heavy atom. The summed E-state index contributed by atoms with van der Waals surface area (Å²) in [5.41, 5.74) is 0.713. The lowest BCUT2D eigenvalue weighted by Crippen LogP contribution is -2.24. The normalized spacial score (nSPS) is 19.6. The maximum Gasteiger partial charge on any atom is 0.237 e. The molecule has 1 aliphatic carbocycles. The standard InChI is InChI=1S/C20H27ClN6O2/c1-13-17(10-27(26-13)20(2,3)12-22)24-19-23-9-16(21)18(25-19)29-11-14-5-7-15(28-4)8-6-14/h9-10,14-15H,5-8,11H2,1-4H3,(H,23,24,25). The van der Waals surface area contributed by atoms with Crippen LogP contribution in [0.25, 0.3) is 0 Å². The molecule has 1 saturated carbocycles. The van der Waals surface area contributed by atoms with E-state index in [-0.39, 0.29) is 0 Å². The molecule has 8 nitrogen and oxygen atoms in total. The molecule has 9 heteroatoms. The predicted molar refractivity (Wildman–Crippen MR) is 110 cm³/mol. The van der Waals surface area contributed by atoms with Gasteiger partial charge in [0.1, 0.15) is 10.6 Å². The molecule has 2 heterocycles. The minimum absolute atomic E-state index is 0.361. The van der Waals surface area contributed by atoms with Gasteiger partial charge in [0.25, 0.3) is 0 Å². The zero-order chi connectivity index (χ0) is 21.0. The molecule has 3 rings (SSSR count). The van der Waals surface area contributed by atoms with Crippen LogP contribution in [-0.2, 0) is 10.3 Å². The molecule has 0 radical (unpaired) electrons. The second-order valence-corrected chi connectivity index (χ2v) is 8.31. The van der Waals surface area contributed by atoms with Gasteiger partial charge in [-0.1, -0.05) is 11.6 Å². The summed E-state index contributed by atoms with van der Waals surface area (Å²) in [4.78, 5) is 8.64. The number of nitrogens with zero attached hydrogens (tertiary/aromatic N) is 5. The van der Waals surface area contributed by atoms with E-state index >= 15 is 0 Å². The number of hydrogen-bond donors (Lipinski definition) is 1. The van der Waals surface area contributed by atoms with Crippen molar-refractivity contribution in [1.29, 1.82) is 5.26 Å². The number of hydrogen-bond acceptors (Lipinski definition) is 7. The number of methoxy groups -OCH3 is 1. The van der Waals surface area contributed by atoms with E-state index in [1.54, 1.807) is 31.8 Å². The molecule has 1 N–H and O–H groups in total. The lowest BCUT2D eigenvalue weighted by Gasteiger charge is -2.27. The first-order valence-electron chi connectivity index (χ1n) is 9.75. The number of halogens is 1. The third kappa shape index (κ3) is 5.17. The molecular weight excluding hydrogens is 392 g/mol. The molecule has 1 aliphatic rings. The van der Waals surface area contributed by atoms with Crippen molar-refractivity contribution in [3.8, 4) is 11.9 Å². The van der Waals surface area contributed by atoms with E-state index in [9.17, 15) is 5.26 Å². The summed E-state index contributed by atoms with van der Waals surface area (Å²) in [6.45, 7) is 6.03. The van der Waals surface area contributed by atoms with Crippen LogP contribution in [0.2, 0.25) is 5.02 Å². The number of nitriles is 1. The van der Waals surface area contributed by atoms with Crippen molar-refractivity contribution in [2.45, 2.75) is 58.1 Å². The lowest BCUT2D eigenvalue weighted by atomic mass is 9.88. The van der Waals surface area contributed by atoms with Crippen LogP contribution in [0.15, 0.2) is 12.4 Å². The SMILES string of the molecule is COC1CCC(COc2nc(Nc3cn(C(C)(C)C#N)nc3C)ncc2Cl)CC1. The second kappa shape index (κ2) is 8.97. The van der Waals surface area contributed by atoms with Gasteiger partial charge >= 0.3 is 0 Å². The number of aryl methyl sites for hydroxylation is 1. The largest absolute Gasteiger partial charge is 0.476 e. The van der Waals surface area contributed by atoms with Crippen LogP contribution < -0.4 is 10.1 Å². The highest BCUT2D eigenvalue weighted by Crippen LogP contribution is 2.29. The monoisotopic (exact) mass is 418 g/mol. The van der Waals surface area contributed by atoms with E-state index < -0.39 is 5.54 Å². The maximum atomic E-state index is 9.31. The fourth-order valence-electron chi connectivity index (χ4n) is 3.28. The summed E-state index contributed by atoms with van der Waals surface area (Å²) in [5, 5.41) is 17.2. The predicted octanol–water partition coefficient (Wildman–Crippen LogP) is 4.22. The molecule has 0 atom stereocenters. The first-order valence-corrected chi connectivity index (χ1v) is 10.1. The number of aromatic nitrogens is 4. The molecule has 29 heavy (non-hydrogen) atoms. The fourth-order valence-corrected chi connectivity index (χ4v) is 3.43. The van der Waals surface area contributed by atoms with Gasteiger partial charge in [-0.15, -0.1) is 0 Å². The average Bonchev–Trinajstić information content (AvgIpc) is 3.10. The second-order valence-electron chi connectivity index (χ2n) is 7.90. The van der Waals surface area contributed by atoms with E-state index in [1.165, 1.54) is 6.20 Å². The number of anilines is 2. The third-order valence-corrected chi connectivity index (χ3v) is 5.55. The van der Waals surface area contributed by atoms with Gasteiger partial charge in [0.15, 0.2) is 0 Å². The molecule has 0 amide bonds. The summed E-state index contributed by atoms with van der Waals surface area (Å²) in [6, 6.07) is 2.23. The van der Waals surface area contributed by atoms with Crippen molar-refractivity contribution in [3.05, 3.63) is 23.1 Å². The Morgan fingerprint density at radius 2 is 2.07 bits per heavy atom. The Labute approximate surface area is 176 Å². The van der Waals surface area contributed by atoms with E-state index in [1.807, 2.05) is 6.92 Å². The van der Waals surface area contributed by atoms with E-state index in [0.717, 1.165) is 37.1 Å². The van der Waals surface area contributed by atoms with Crippen LogP contribution in [0, 0.1) is 24.2 Å². The quantitative estimate of drug-likeness (QED) is 0.718. The molecule has 0 unspecified atom stereocenters. The summed E-state index contributed by atoms with van der Waals surface area (Å²) < 4.78 is 12.9. The summed E-state index contributed by atoms with van der Waals surface area (Å²) in [5.74, 6) is 1.20. The van der Waals surface area contributed by atoms with Crippen molar-refractivity contribution in [1.82, 2.24) is 19.7 Å². The maximum absolute atomic E-state index is 9.31. The highest BCUT2D eigenvalue weighted by molar-refractivity contribution is 6.31. The van der Waals surface area contributed by atoms with Crippen LogP contribution in [0.5, 0.6) is 5.88 Å². The summed E-state index contributed by atoms with van der Waals surface area (Å²) in [6.07, 6.45) is 7.89. The summed E-state index contributed by atoms with van der Waals surface area (Å²) >= 11 is 6.23. The van der Waals surface area contributed by atoms with Crippen molar-refractivity contribution < 1.29 is 9.47 Å². The minimum atomic E-state index is -0.748. The van der Waals surface area contributed by atoms with Crippen LogP contribution >= 0.6 is 11.6 Å². The Balaban J connectivity index is 1.66. The zero-order valence-corrected chi connectivity index (χ0v) is 18.0. The summed E-state index contributed by atoms with van der Waals surface area (Å²) in [7, 11) is 1.77. The molecule has 2 aromatic rings. The van der Waals surface area contributed by atoms with Crippen molar-refractivity contribution in [2.24, 2.45) is 5.92 Å². The van der Waals surface area contributed by atoms with Crippen molar-refractivity contribution in [2.75, 3.05) is 19.0 Å². The molecule has 0 bridgehead atoms. The first kappa shape index (κ1) is 21.3. The topological polar surface area (TPSA) is 97.9 Å². The van der Waals surface area contributed by atoms with Gasteiger partial charge in [-0.25, -0.2) is 4.98 Å². The van der Waals surface area contributed by atoms with Crippen LogP contribution in [0.4, 0.5) is 11.6 Å². The van der Waals surface area contributed by atoms with E-state index in [2.05, 4.69) is 26.5 Å². The molecule has 2 aromatic heterocycles. The number of ether oxygens (including phenoxy) is 2. The Kier molecular flexibility index (Phi) is 6.60. The average molecular weight is 419 g/mol. The van der Waals surface area contributed by atoms with Crippen molar-refractivity contribution >= 4 is 23.2 Å². The van der Waals surface area contributed by atoms with Gasteiger partial charge < -0.3 is 14.8 Å². The van der Waals surface area contributed by atoms with E-state index in [0.29, 0.717) is 35.5 Å². The Morgan fingerprint density at radius 3 is 2.72 bits per heavy atom. The zero-order valence-electron chi connectivity index (χ0n) is 17.3. The van der Waals surface area contributed by atoms with Gasteiger partial charge in [0, 0.05) is 7.11 Å². The van der Waals surface area contributed by atoms with Gasteiger partial charge in [0.2, 0.25) is 11.8 Å². The molecule has 0 aromatic carbocycles. The lowest BCUT2D eigenvalue weighted by molar-refractivity contribution is 0.0478. The van der Waals surface area contributed by atoms with Gasteiger partial charge in [0.05, 0.1) is 42.6 Å². The molecule has 1 fully saturated rings. The smallest absolute Gasteiger partial charge is 0.237 e. The molecule has 0 saturated heterocycles. The Hall–Kier alpha value is -2.37. The molecule has 0 aliphatic heterocycles. The molecule has 156 valence electrons. The highest BCUT2D eigenvalue weighted by atomic mass is 35.5. The van der Waals surface area contributed by atoms with Crippen LogP contribution in [0.1, 0.15) is 45.2 Å². The first-order chi connectivity index (χ1) is 13.8. The van der Waals surface area contributed by atoms with E-state index in [4.69, 9.17) is 21.1 Å².